The highest BCUT2D eigenvalue weighted by molar-refractivity contribution is 5.74. The van der Waals surface area contributed by atoms with Gasteiger partial charge in [-0.15, -0.1) is 0 Å². The van der Waals surface area contributed by atoms with Gasteiger partial charge in [0, 0.05) is 12.0 Å². The van der Waals surface area contributed by atoms with E-state index in [1.165, 1.54) is 12.0 Å². The molecule has 1 saturated heterocycles. The van der Waals surface area contributed by atoms with Crippen LogP contribution in [-0.4, -0.2) is 18.6 Å². The Morgan fingerprint density at radius 1 is 1.04 bits per heavy atom. The summed E-state index contributed by atoms with van der Waals surface area (Å²) in [7, 11) is 0. The van der Waals surface area contributed by atoms with Crippen molar-refractivity contribution in [3.05, 3.63) is 71.8 Å². The number of carboxylic acid groups (broad SMARTS) is 1. The minimum Gasteiger partial charge on any atom is -1.00 e. The largest absolute Gasteiger partial charge is 1.00 e. The molecule has 1 fully saturated rings. The Hall–Kier alpha value is -1.88. The molecule has 3 atom stereocenters. The lowest BCUT2D eigenvalue weighted by Crippen LogP contribution is -3.00. The standard InChI is InChI=1S/C13H17NO2.C8H11N.ClH/c15-13(16)12(10-6-2-1-3-7-10)11-8-4-5-9-14-11;1-7(9)8-5-3-2-4-6-8;/h1-3,6-7,11-12,14H,4-5,8-9H2,(H,15,16);2-7H,9H2,1H3;1H. The number of benzene rings is 2. The number of carbonyl (C=O) groups excluding carboxylic acids is 1. The number of carbonyl (C=O) groups is 1. The van der Waals surface area contributed by atoms with Gasteiger partial charge in [-0.2, -0.15) is 0 Å². The molecule has 26 heavy (non-hydrogen) atoms. The molecular weight excluding hydrogens is 348 g/mol. The molecule has 5 N–H and O–H groups in total. The van der Waals surface area contributed by atoms with E-state index in [0.29, 0.717) is 6.04 Å². The maximum atomic E-state index is 11.3. The van der Waals surface area contributed by atoms with Gasteiger partial charge in [-0.05, 0) is 25.3 Å². The molecule has 0 aromatic heterocycles. The average Bonchev–Trinajstić information content (AvgIpc) is 2.65. The normalized spacial score (nSPS) is 18.5. The lowest BCUT2D eigenvalue weighted by molar-refractivity contribution is -0.699. The third-order valence-corrected chi connectivity index (χ3v) is 4.67. The lowest BCUT2D eigenvalue weighted by atomic mass is 9.86. The summed E-state index contributed by atoms with van der Waals surface area (Å²) in [5.74, 6) is -1.42. The first-order valence-electron chi connectivity index (χ1n) is 9.06. The Bertz CT molecular complexity index is 629. The number of quaternary nitrogens is 2. The zero-order chi connectivity index (χ0) is 18.1. The van der Waals surface area contributed by atoms with Crippen molar-refractivity contribution in [2.24, 2.45) is 0 Å². The fourth-order valence-corrected chi connectivity index (χ4v) is 3.28. The molecule has 2 aromatic carbocycles. The monoisotopic (exact) mass is 376 g/mol. The first-order valence-corrected chi connectivity index (χ1v) is 9.06. The maximum Gasteiger partial charge on any atom is 0.107 e. The van der Waals surface area contributed by atoms with E-state index in [2.05, 4.69) is 30.1 Å². The molecule has 0 aliphatic carbocycles. The molecule has 0 saturated carbocycles. The molecule has 3 rings (SSSR count). The maximum absolute atomic E-state index is 11.3. The van der Waals surface area contributed by atoms with Crippen molar-refractivity contribution in [2.45, 2.75) is 44.2 Å². The fourth-order valence-electron chi connectivity index (χ4n) is 3.28. The number of aliphatic carboxylic acids is 1. The second-order valence-corrected chi connectivity index (χ2v) is 6.70. The van der Waals surface area contributed by atoms with Crippen LogP contribution in [0.3, 0.4) is 0 Å². The van der Waals surface area contributed by atoms with Crippen LogP contribution in [0, 0.1) is 0 Å². The van der Waals surface area contributed by atoms with Crippen molar-refractivity contribution in [1.82, 2.24) is 0 Å². The van der Waals surface area contributed by atoms with Gasteiger partial charge >= 0.3 is 0 Å². The van der Waals surface area contributed by atoms with E-state index in [0.717, 1.165) is 24.9 Å². The molecule has 0 bridgehead atoms. The first kappa shape index (κ1) is 22.2. The average molecular weight is 377 g/mol. The predicted molar refractivity (Wildman–Crippen MR) is 96.4 cm³/mol. The van der Waals surface area contributed by atoms with Gasteiger partial charge in [0.25, 0.3) is 0 Å². The van der Waals surface area contributed by atoms with Crippen LogP contribution in [0.15, 0.2) is 60.7 Å². The highest BCUT2D eigenvalue weighted by atomic mass is 35.5. The second-order valence-electron chi connectivity index (χ2n) is 6.70. The van der Waals surface area contributed by atoms with E-state index < -0.39 is 11.9 Å². The van der Waals surface area contributed by atoms with Crippen LogP contribution >= 0.6 is 0 Å². The lowest BCUT2D eigenvalue weighted by Gasteiger charge is -2.29. The highest BCUT2D eigenvalue weighted by Gasteiger charge is 2.28. The summed E-state index contributed by atoms with van der Waals surface area (Å²) < 4.78 is 0. The Labute approximate surface area is 162 Å². The topological polar surface area (TPSA) is 84.4 Å². The molecule has 3 unspecified atom stereocenters. The van der Waals surface area contributed by atoms with Crippen molar-refractivity contribution >= 4 is 5.97 Å². The fraction of sp³-hybridized carbons (Fsp3) is 0.381. The van der Waals surface area contributed by atoms with Gasteiger partial charge in [0.15, 0.2) is 0 Å². The van der Waals surface area contributed by atoms with E-state index in [9.17, 15) is 9.90 Å². The molecule has 2 aromatic rings. The molecule has 1 aliphatic heterocycles. The van der Waals surface area contributed by atoms with Gasteiger partial charge in [0.1, 0.15) is 6.04 Å². The Kier molecular flexibility index (Phi) is 9.96. The van der Waals surface area contributed by atoms with Gasteiger partial charge < -0.3 is 33.4 Å². The number of rotatable bonds is 4. The molecule has 0 spiro atoms. The van der Waals surface area contributed by atoms with Gasteiger partial charge in [0.05, 0.1) is 24.5 Å². The minimum atomic E-state index is -0.950. The summed E-state index contributed by atoms with van der Waals surface area (Å²) in [6, 6.07) is 20.3. The van der Waals surface area contributed by atoms with E-state index in [1.807, 2.05) is 48.5 Å². The molecule has 1 aliphatic rings. The predicted octanol–water partition coefficient (Wildman–Crippen LogP) is -2.37. The van der Waals surface area contributed by atoms with Crippen LogP contribution in [0.5, 0.6) is 0 Å². The van der Waals surface area contributed by atoms with Crippen LogP contribution < -0.4 is 28.6 Å². The van der Waals surface area contributed by atoms with E-state index in [4.69, 9.17) is 0 Å². The Morgan fingerprint density at radius 3 is 1.96 bits per heavy atom. The third kappa shape index (κ3) is 6.79. The molecule has 1 heterocycles. The SMILES string of the molecule is CC([NH3+])c1ccccc1.O=C([O-])C(c1ccccc1)C1CCCC[NH2+]1.[Cl-]. The summed E-state index contributed by atoms with van der Waals surface area (Å²) in [5.41, 5.74) is 6.08. The molecule has 0 radical (unpaired) electrons. The van der Waals surface area contributed by atoms with Gasteiger partial charge in [0.2, 0.25) is 0 Å². The molecule has 0 amide bonds. The third-order valence-electron chi connectivity index (χ3n) is 4.67. The van der Waals surface area contributed by atoms with Gasteiger partial charge in [-0.1, -0.05) is 60.7 Å². The second kappa shape index (κ2) is 11.7. The Balaban J connectivity index is 0.000000290. The van der Waals surface area contributed by atoms with Crippen molar-refractivity contribution in [3.8, 4) is 0 Å². The van der Waals surface area contributed by atoms with E-state index >= 15 is 0 Å². The molecule has 142 valence electrons. The summed E-state index contributed by atoms with van der Waals surface area (Å²) in [5, 5.41) is 13.4. The van der Waals surface area contributed by atoms with Crippen molar-refractivity contribution in [3.63, 3.8) is 0 Å². The summed E-state index contributed by atoms with van der Waals surface area (Å²) >= 11 is 0. The number of nitrogens with two attached hydrogens (primary N) is 1. The molecule has 4 nitrogen and oxygen atoms in total. The zero-order valence-corrected chi connectivity index (χ0v) is 16.1. The van der Waals surface area contributed by atoms with Crippen molar-refractivity contribution in [2.75, 3.05) is 6.54 Å². The number of halogens is 1. The highest BCUT2D eigenvalue weighted by Crippen LogP contribution is 2.21. The van der Waals surface area contributed by atoms with E-state index in [-0.39, 0.29) is 18.4 Å². The summed E-state index contributed by atoms with van der Waals surface area (Å²) in [6.45, 7) is 3.12. The smallest absolute Gasteiger partial charge is 0.107 e. The zero-order valence-electron chi connectivity index (χ0n) is 15.3. The van der Waals surface area contributed by atoms with Gasteiger partial charge in [-0.25, -0.2) is 0 Å². The first-order chi connectivity index (χ1) is 12.1. The van der Waals surface area contributed by atoms with E-state index in [1.54, 1.807) is 0 Å². The summed E-state index contributed by atoms with van der Waals surface area (Å²) in [4.78, 5) is 11.3. The quantitative estimate of drug-likeness (QED) is 0.625. The van der Waals surface area contributed by atoms with Crippen LogP contribution in [0.2, 0.25) is 0 Å². The molecular formula is C21H29ClN2O2. The van der Waals surface area contributed by atoms with Crippen LogP contribution in [-0.2, 0) is 4.79 Å². The molecule has 5 heteroatoms. The van der Waals surface area contributed by atoms with Crippen LogP contribution in [0.25, 0.3) is 0 Å². The van der Waals surface area contributed by atoms with Crippen molar-refractivity contribution < 1.29 is 33.4 Å². The number of hydrogen-bond acceptors (Lipinski definition) is 2. The number of hydrogen-bond donors (Lipinski definition) is 2. The summed E-state index contributed by atoms with van der Waals surface area (Å²) in [6.07, 6.45) is 3.27. The number of carboxylic acids is 1. The minimum absolute atomic E-state index is 0. The van der Waals surface area contributed by atoms with Crippen LogP contribution in [0.1, 0.15) is 49.3 Å². The van der Waals surface area contributed by atoms with Crippen molar-refractivity contribution in [1.29, 1.82) is 0 Å². The van der Waals surface area contributed by atoms with Gasteiger partial charge in [-0.3, -0.25) is 0 Å². The number of piperidine rings is 1. The van der Waals surface area contributed by atoms with Crippen LogP contribution in [0.4, 0.5) is 0 Å². The Morgan fingerprint density at radius 2 is 1.58 bits per heavy atom.